The van der Waals surface area contributed by atoms with Crippen molar-refractivity contribution >= 4 is 5.91 Å². The highest BCUT2D eigenvalue weighted by atomic mass is 16.5. The van der Waals surface area contributed by atoms with Gasteiger partial charge in [-0.2, -0.15) is 0 Å². The smallest absolute Gasteiger partial charge is 0.260 e. The van der Waals surface area contributed by atoms with Gasteiger partial charge in [0.2, 0.25) is 0 Å². The zero-order chi connectivity index (χ0) is 15.9. The van der Waals surface area contributed by atoms with Crippen LogP contribution >= 0.6 is 0 Å². The molecule has 1 heterocycles. The Morgan fingerprint density at radius 2 is 2.05 bits per heavy atom. The van der Waals surface area contributed by atoms with E-state index in [-0.39, 0.29) is 12.5 Å². The highest BCUT2D eigenvalue weighted by Gasteiger charge is 2.24. The van der Waals surface area contributed by atoms with Crippen molar-refractivity contribution in [3.05, 3.63) is 29.3 Å². The van der Waals surface area contributed by atoms with Gasteiger partial charge in [0.15, 0.2) is 6.61 Å². The van der Waals surface area contributed by atoms with E-state index in [0.717, 1.165) is 55.8 Å². The second kappa shape index (κ2) is 8.18. The topological polar surface area (TPSA) is 41.6 Å². The maximum atomic E-state index is 12.6. The van der Waals surface area contributed by atoms with Crippen molar-refractivity contribution < 1.29 is 9.53 Å². The second-order valence-electron chi connectivity index (χ2n) is 6.13. The first-order valence-electron chi connectivity index (χ1n) is 8.32. The quantitative estimate of drug-likeness (QED) is 0.878. The van der Waals surface area contributed by atoms with Gasteiger partial charge in [0, 0.05) is 12.6 Å². The number of aryl methyl sites for hydroxylation is 2. The Kier molecular flexibility index (Phi) is 6.25. The van der Waals surface area contributed by atoms with Crippen LogP contribution in [0.4, 0.5) is 0 Å². The lowest BCUT2D eigenvalue weighted by molar-refractivity contribution is -0.136. The number of hydrogen-bond acceptors (Lipinski definition) is 3. The molecule has 0 saturated carbocycles. The molecule has 0 bridgehead atoms. The van der Waals surface area contributed by atoms with Crippen LogP contribution in [0.5, 0.6) is 5.75 Å². The van der Waals surface area contributed by atoms with Gasteiger partial charge in [-0.1, -0.05) is 19.1 Å². The Labute approximate surface area is 133 Å². The molecule has 122 valence electrons. The first kappa shape index (κ1) is 16.8. The molecule has 0 atom stereocenters. The number of benzene rings is 1. The number of carbonyl (C=O) groups excluding carboxylic acids is 1. The summed E-state index contributed by atoms with van der Waals surface area (Å²) >= 11 is 0. The van der Waals surface area contributed by atoms with E-state index in [4.69, 9.17) is 4.74 Å². The van der Waals surface area contributed by atoms with Crippen LogP contribution in [0.1, 0.15) is 37.3 Å². The minimum atomic E-state index is 0.106. The fraction of sp³-hybridized carbons (Fsp3) is 0.611. The molecule has 1 aromatic rings. The number of carbonyl (C=O) groups is 1. The summed E-state index contributed by atoms with van der Waals surface area (Å²) in [6, 6.07) is 6.45. The summed E-state index contributed by atoms with van der Waals surface area (Å²) in [6.07, 6.45) is 3.06. The van der Waals surface area contributed by atoms with Gasteiger partial charge < -0.3 is 15.0 Å². The van der Waals surface area contributed by atoms with Crippen molar-refractivity contribution in [2.75, 3.05) is 26.2 Å². The zero-order valence-electron chi connectivity index (χ0n) is 14.0. The van der Waals surface area contributed by atoms with E-state index < -0.39 is 0 Å². The minimum Gasteiger partial charge on any atom is -0.483 e. The molecule has 0 aliphatic carbocycles. The molecule has 1 aliphatic heterocycles. The second-order valence-corrected chi connectivity index (χ2v) is 6.13. The lowest BCUT2D eigenvalue weighted by atomic mass is 10.0. The summed E-state index contributed by atoms with van der Waals surface area (Å²) < 4.78 is 5.79. The normalized spacial score (nSPS) is 15.6. The molecule has 22 heavy (non-hydrogen) atoms. The molecule has 0 aromatic heterocycles. The van der Waals surface area contributed by atoms with Crippen LogP contribution < -0.4 is 10.1 Å². The largest absolute Gasteiger partial charge is 0.483 e. The molecule has 0 unspecified atom stereocenters. The van der Waals surface area contributed by atoms with E-state index in [1.165, 1.54) is 0 Å². The van der Waals surface area contributed by atoms with Gasteiger partial charge in [-0.15, -0.1) is 0 Å². The predicted molar refractivity (Wildman–Crippen MR) is 89.3 cm³/mol. The van der Waals surface area contributed by atoms with Crippen LogP contribution in [-0.4, -0.2) is 43.1 Å². The van der Waals surface area contributed by atoms with Crippen LogP contribution in [0, 0.1) is 13.8 Å². The van der Waals surface area contributed by atoms with Gasteiger partial charge in [-0.3, -0.25) is 4.79 Å². The van der Waals surface area contributed by atoms with Crippen LogP contribution in [0.25, 0.3) is 0 Å². The van der Waals surface area contributed by atoms with Crippen molar-refractivity contribution in [2.24, 2.45) is 0 Å². The lowest BCUT2D eigenvalue weighted by Gasteiger charge is -2.34. The fourth-order valence-electron chi connectivity index (χ4n) is 2.96. The molecular formula is C18H28N2O2. The number of rotatable bonds is 6. The van der Waals surface area contributed by atoms with Crippen molar-refractivity contribution in [1.82, 2.24) is 10.2 Å². The SMILES string of the molecule is CCCN(C(=O)COc1cc(C)ccc1C)C1CCNCC1. The highest BCUT2D eigenvalue weighted by molar-refractivity contribution is 5.78. The van der Waals surface area contributed by atoms with Crippen molar-refractivity contribution in [3.63, 3.8) is 0 Å². The first-order valence-corrected chi connectivity index (χ1v) is 8.32. The summed E-state index contributed by atoms with van der Waals surface area (Å²) in [7, 11) is 0. The molecule has 1 fully saturated rings. The van der Waals surface area contributed by atoms with Crippen molar-refractivity contribution in [3.8, 4) is 5.75 Å². The maximum Gasteiger partial charge on any atom is 0.260 e. The van der Waals surface area contributed by atoms with Crippen LogP contribution in [-0.2, 0) is 4.79 Å². The Balaban J connectivity index is 1.96. The highest BCUT2D eigenvalue weighted by Crippen LogP contribution is 2.20. The van der Waals surface area contributed by atoms with Gasteiger partial charge in [0.05, 0.1) is 0 Å². The molecular weight excluding hydrogens is 276 g/mol. The first-order chi connectivity index (χ1) is 10.6. The van der Waals surface area contributed by atoms with Gasteiger partial charge in [0.25, 0.3) is 5.91 Å². The van der Waals surface area contributed by atoms with Crippen LogP contribution in [0.2, 0.25) is 0 Å². The summed E-state index contributed by atoms with van der Waals surface area (Å²) in [5.74, 6) is 0.921. The average molecular weight is 304 g/mol. The van der Waals surface area contributed by atoms with Crippen LogP contribution in [0.15, 0.2) is 18.2 Å². The molecule has 1 N–H and O–H groups in total. The maximum absolute atomic E-state index is 12.6. The lowest BCUT2D eigenvalue weighted by Crippen LogP contribution is -2.48. The Morgan fingerprint density at radius 1 is 1.32 bits per heavy atom. The molecule has 2 rings (SSSR count). The standard InChI is InChI=1S/C18H28N2O2/c1-4-11-20(16-7-9-19-10-8-16)18(21)13-22-17-12-14(2)5-6-15(17)3/h5-6,12,16,19H,4,7-11,13H2,1-3H3. The number of piperidine rings is 1. The molecule has 0 spiro atoms. The molecule has 1 saturated heterocycles. The molecule has 1 aliphatic rings. The minimum absolute atomic E-state index is 0.106. The number of hydrogen-bond donors (Lipinski definition) is 1. The van der Waals surface area contributed by atoms with E-state index in [2.05, 4.69) is 18.3 Å². The molecule has 4 nitrogen and oxygen atoms in total. The fourth-order valence-corrected chi connectivity index (χ4v) is 2.96. The monoisotopic (exact) mass is 304 g/mol. The number of nitrogens with zero attached hydrogens (tertiary/aromatic N) is 1. The third-order valence-electron chi connectivity index (χ3n) is 4.23. The summed E-state index contributed by atoms with van der Waals surface area (Å²) in [6.45, 7) is 9.11. The summed E-state index contributed by atoms with van der Waals surface area (Å²) in [5.41, 5.74) is 2.22. The third-order valence-corrected chi connectivity index (χ3v) is 4.23. The third kappa shape index (κ3) is 4.47. The molecule has 1 aromatic carbocycles. The predicted octanol–water partition coefficient (Wildman–Crippen LogP) is 2.67. The molecule has 1 amide bonds. The van der Waals surface area contributed by atoms with Crippen molar-refractivity contribution in [2.45, 2.75) is 46.1 Å². The molecule has 0 radical (unpaired) electrons. The average Bonchev–Trinajstić information content (AvgIpc) is 2.54. The number of nitrogens with one attached hydrogen (secondary N) is 1. The van der Waals surface area contributed by atoms with E-state index in [0.29, 0.717) is 6.04 Å². The van der Waals surface area contributed by atoms with E-state index in [9.17, 15) is 4.79 Å². The van der Waals surface area contributed by atoms with Crippen LogP contribution in [0.3, 0.4) is 0 Å². The van der Waals surface area contributed by atoms with Gasteiger partial charge in [-0.05, 0) is 63.4 Å². The number of amides is 1. The Morgan fingerprint density at radius 3 is 2.73 bits per heavy atom. The van der Waals surface area contributed by atoms with Gasteiger partial charge in [-0.25, -0.2) is 0 Å². The zero-order valence-corrected chi connectivity index (χ0v) is 14.0. The summed E-state index contributed by atoms with van der Waals surface area (Å²) in [5, 5.41) is 3.35. The van der Waals surface area contributed by atoms with E-state index in [1.807, 2.05) is 30.9 Å². The number of ether oxygens (including phenoxy) is 1. The Hall–Kier alpha value is -1.55. The Bertz CT molecular complexity index is 496. The summed E-state index contributed by atoms with van der Waals surface area (Å²) in [4.78, 5) is 14.6. The van der Waals surface area contributed by atoms with Crippen molar-refractivity contribution in [1.29, 1.82) is 0 Å². The van der Waals surface area contributed by atoms with E-state index >= 15 is 0 Å². The van der Waals surface area contributed by atoms with Gasteiger partial charge >= 0.3 is 0 Å². The van der Waals surface area contributed by atoms with Gasteiger partial charge in [0.1, 0.15) is 5.75 Å². The molecule has 4 heteroatoms. The van der Waals surface area contributed by atoms with E-state index in [1.54, 1.807) is 0 Å².